The maximum absolute atomic E-state index is 13.5. The number of rotatable bonds is 3. The topological polar surface area (TPSA) is 37.9 Å². The number of halogens is 1. The molecule has 0 amide bonds. The van der Waals surface area contributed by atoms with Crippen molar-refractivity contribution in [1.29, 1.82) is 0 Å². The highest BCUT2D eigenvalue weighted by Crippen LogP contribution is 2.32. The molecule has 1 N–H and O–H groups in total. The number of H-pyrrole nitrogens is 1. The van der Waals surface area contributed by atoms with E-state index in [1.807, 2.05) is 24.3 Å². The Morgan fingerprint density at radius 2 is 2.00 bits per heavy atom. The summed E-state index contributed by atoms with van der Waals surface area (Å²) in [4.78, 5) is 7.21. The summed E-state index contributed by atoms with van der Waals surface area (Å²) in [5, 5.41) is 0. The van der Waals surface area contributed by atoms with Gasteiger partial charge in [-0.3, -0.25) is 0 Å². The zero-order valence-electron chi connectivity index (χ0n) is 10.9. The Hall–Kier alpha value is -2.62. The van der Waals surface area contributed by atoms with Crippen LogP contribution in [0, 0.1) is 5.82 Å². The van der Waals surface area contributed by atoms with Crippen LogP contribution in [0.25, 0.3) is 22.5 Å². The predicted molar refractivity (Wildman–Crippen MR) is 76.0 cm³/mol. The van der Waals surface area contributed by atoms with Gasteiger partial charge in [0.25, 0.3) is 0 Å². The molecule has 3 nitrogen and oxygen atoms in total. The van der Waals surface area contributed by atoms with E-state index < -0.39 is 0 Å². The summed E-state index contributed by atoms with van der Waals surface area (Å²) in [6, 6.07) is 12.3. The van der Waals surface area contributed by atoms with Crippen LogP contribution in [-0.2, 0) is 0 Å². The van der Waals surface area contributed by atoms with Crippen molar-refractivity contribution in [3.8, 4) is 28.3 Å². The van der Waals surface area contributed by atoms with Crippen molar-refractivity contribution in [3.63, 3.8) is 0 Å². The first-order valence-electron chi connectivity index (χ1n) is 6.21. The monoisotopic (exact) mass is 268 g/mol. The minimum absolute atomic E-state index is 0.289. The summed E-state index contributed by atoms with van der Waals surface area (Å²) in [6.07, 6.45) is 3.37. The van der Waals surface area contributed by atoms with Gasteiger partial charge in [-0.05, 0) is 35.4 Å². The molecule has 0 atom stereocenters. The van der Waals surface area contributed by atoms with Gasteiger partial charge in [-0.2, -0.15) is 0 Å². The molecule has 0 spiro atoms. The predicted octanol–water partition coefficient (Wildman–Crippen LogP) is 3.89. The van der Waals surface area contributed by atoms with Gasteiger partial charge >= 0.3 is 0 Å². The Morgan fingerprint density at radius 3 is 2.75 bits per heavy atom. The van der Waals surface area contributed by atoms with Gasteiger partial charge in [0.2, 0.25) is 0 Å². The number of ether oxygens (including phenoxy) is 1. The molecule has 1 aromatic heterocycles. The van der Waals surface area contributed by atoms with E-state index in [2.05, 4.69) is 9.97 Å². The molecule has 0 fully saturated rings. The van der Waals surface area contributed by atoms with Crippen LogP contribution in [0.3, 0.4) is 0 Å². The fraction of sp³-hybridized carbons (Fsp3) is 0.0625. The number of nitrogens with one attached hydrogen (secondary N) is 1. The van der Waals surface area contributed by atoms with Crippen molar-refractivity contribution >= 4 is 0 Å². The molecule has 3 rings (SSSR count). The van der Waals surface area contributed by atoms with E-state index >= 15 is 0 Å². The van der Waals surface area contributed by atoms with E-state index in [9.17, 15) is 4.39 Å². The third-order valence-electron chi connectivity index (χ3n) is 3.12. The van der Waals surface area contributed by atoms with Crippen molar-refractivity contribution in [3.05, 3.63) is 60.7 Å². The third kappa shape index (κ3) is 2.28. The van der Waals surface area contributed by atoms with E-state index in [0.29, 0.717) is 5.82 Å². The second kappa shape index (κ2) is 5.17. The number of benzene rings is 2. The van der Waals surface area contributed by atoms with E-state index in [-0.39, 0.29) is 5.82 Å². The second-order valence-electron chi connectivity index (χ2n) is 4.36. The summed E-state index contributed by atoms with van der Waals surface area (Å²) >= 11 is 0. The Labute approximate surface area is 116 Å². The summed E-state index contributed by atoms with van der Waals surface area (Å²) in [6.45, 7) is 0. The molecule has 3 aromatic rings. The Kier molecular flexibility index (Phi) is 3.21. The number of methoxy groups -OCH3 is 1. The largest absolute Gasteiger partial charge is 0.497 e. The van der Waals surface area contributed by atoms with Crippen LogP contribution in [0.15, 0.2) is 54.9 Å². The molecule has 0 aliphatic heterocycles. The lowest BCUT2D eigenvalue weighted by Crippen LogP contribution is -1.90. The highest BCUT2D eigenvalue weighted by Gasteiger charge is 2.11. The van der Waals surface area contributed by atoms with Crippen molar-refractivity contribution in [2.45, 2.75) is 0 Å². The third-order valence-corrected chi connectivity index (χ3v) is 3.12. The van der Waals surface area contributed by atoms with Gasteiger partial charge in [0.15, 0.2) is 0 Å². The first-order chi connectivity index (χ1) is 9.78. The van der Waals surface area contributed by atoms with Crippen molar-refractivity contribution < 1.29 is 9.13 Å². The van der Waals surface area contributed by atoms with Crippen LogP contribution in [0.2, 0.25) is 0 Å². The first kappa shape index (κ1) is 12.4. The average molecular weight is 268 g/mol. The highest BCUT2D eigenvalue weighted by atomic mass is 19.1. The van der Waals surface area contributed by atoms with E-state index in [4.69, 9.17) is 4.74 Å². The normalized spacial score (nSPS) is 10.5. The molecule has 20 heavy (non-hydrogen) atoms. The lowest BCUT2D eigenvalue weighted by molar-refractivity contribution is 0.415. The lowest BCUT2D eigenvalue weighted by Gasteiger charge is -2.09. The van der Waals surface area contributed by atoms with Crippen LogP contribution < -0.4 is 4.74 Å². The van der Waals surface area contributed by atoms with Gasteiger partial charge in [0, 0.05) is 18.0 Å². The Bertz CT molecular complexity index is 723. The highest BCUT2D eigenvalue weighted by molar-refractivity contribution is 5.81. The summed E-state index contributed by atoms with van der Waals surface area (Å²) in [7, 11) is 1.62. The average Bonchev–Trinajstić information content (AvgIpc) is 3.01. The smallest absolute Gasteiger partial charge is 0.137 e. The Morgan fingerprint density at radius 1 is 1.10 bits per heavy atom. The van der Waals surface area contributed by atoms with Gasteiger partial charge in [-0.25, -0.2) is 9.37 Å². The van der Waals surface area contributed by atoms with Gasteiger partial charge in [0.1, 0.15) is 17.4 Å². The number of hydrogen-bond acceptors (Lipinski definition) is 2. The lowest BCUT2D eigenvalue weighted by atomic mass is 9.99. The van der Waals surface area contributed by atoms with Gasteiger partial charge in [-0.15, -0.1) is 0 Å². The van der Waals surface area contributed by atoms with E-state index in [1.54, 1.807) is 25.6 Å². The molecular formula is C16H13FN2O. The molecule has 0 radical (unpaired) electrons. The maximum Gasteiger partial charge on any atom is 0.137 e. The standard InChI is InChI=1S/C16H13FN2O/c1-20-13-4-2-3-11(9-13)14-6-5-12(17)10-15(14)16-18-7-8-19-16/h2-10H,1H3,(H,18,19). The maximum atomic E-state index is 13.5. The molecule has 0 saturated carbocycles. The second-order valence-corrected chi connectivity index (χ2v) is 4.36. The fourth-order valence-electron chi connectivity index (χ4n) is 2.17. The fourth-order valence-corrected chi connectivity index (χ4v) is 2.17. The molecule has 0 aliphatic rings. The van der Waals surface area contributed by atoms with Gasteiger partial charge < -0.3 is 9.72 Å². The van der Waals surface area contributed by atoms with E-state index in [1.165, 1.54) is 12.1 Å². The van der Waals surface area contributed by atoms with Crippen LogP contribution in [0.4, 0.5) is 4.39 Å². The van der Waals surface area contributed by atoms with Crippen LogP contribution >= 0.6 is 0 Å². The van der Waals surface area contributed by atoms with Gasteiger partial charge in [0.05, 0.1) is 7.11 Å². The summed E-state index contributed by atoms with van der Waals surface area (Å²) in [5.41, 5.74) is 2.58. The molecule has 0 aliphatic carbocycles. The van der Waals surface area contributed by atoms with Gasteiger partial charge in [-0.1, -0.05) is 18.2 Å². The molecule has 0 bridgehead atoms. The zero-order chi connectivity index (χ0) is 13.9. The number of aromatic nitrogens is 2. The van der Waals surface area contributed by atoms with Crippen LogP contribution in [0.5, 0.6) is 5.75 Å². The van der Waals surface area contributed by atoms with Crippen molar-refractivity contribution in [2.75, 3.05) is 7.11 Å². The molecule has 2 aromatic carbocycles. The Balaban J connectivity index is 2.18. The minimum atomic E-state index is -0.289. The van der Waals surface area contributed by atoms with E-state index in [0.717, 1.165) is 22.4 Å². The summed E-state index contributed by atoms with van der Waals surface area (Å²) < 4.78 is 18.8. The molecular weight excluding hydrogens is 255 g/mol. The zero-order valence-corrected chi connectivity index (χ0v) is 10.9. The quantitative estimate of drug-likeness (QED) is 0.782. The molecule has 4 heteroatoms. The van der Waals surface area contributed by atoms with Crippen molar-refractivity contribution in [2.24, 2.45) is 0 Å². The molecule has 100 valence electrons. The summed E-state index contributed by atoms with van der Waals surface area (Å²) in [5.74, 6) is 1.11. The van der Waals surface area contributed by atoms with Crippen LogP contribution in [0.1, 0.15) is 0 Å². The SMILES string of the molecule is COc1cccc(-c2ccc(F)cc2-c2ncc[nH]2)c1. The number of aromatic amines is 1. The minimum Gasteiger partial charge on any atom is -0.497 e. The van der Waals surface area contributed by atoms with Crippen LogP contribution in [-0.4, -0.2) is 17.1 Å². The molecule has 0 unspecified atom stereocenters. The van der Waals surface area contributed by atoms with Crippen molar-refractivity contribution in [1.82, 2.24) is 9.97 Å². The first-order valence-corrected chi connectivity index (χ1v) is 6.21. The number of imidazole rings is 1. The molecule has 0 saturated heterocycles. The number of nitrogens with zero attached hydrogens (tertiary/aromatic N) is 1. The number of hydrogen-bond donors (Lipinski definition) is 1. The molecule has 1 heterocycles.